The van der Waals surface area contributed by atoms with Crippen LogP contribution < -0.4 is 5.32 Å². The zero-order valence-electron chi connectivity index (χ0n) is 14.4. The van der Waals surface area contributed by atoms with E-state index in [1.165, 1.54) is 13.3 Å². The van der Waals surface area contributed by atoms with Gasteiger partial charge in [-0.15, -0.1) is 0 Å². The van der Waals surface area contributed by atoms with E-state index in [1.807, 2.05) is 38.1 Å². The van der Waals surface area contributed by atoms with Gasteiger partial charge in [0.05, 0.1) is 18.9 Å². The van der Waals surface area contributed by atoms with Gasteiger partial charge in [-0.1, -0.05) is 41.1 Å². The molecule has 0 unspecified atom stereocenters. The molecule has 0 heterocycles. The van der Waals surface area contributed by atoms with Crippen molar-refractivity contribution >= 4 is 23.8 Å². The van der Waals surface area contributed by atoms with Crippen molar-refractivity contribution in [3.8, 4) is 0 Å². The number of ether oxygens (including phenoxy) is 1. The van der Waals surface area contributed by atoms with Gasteiger partial charge in [0.25, 0.3) is 5.91 Å². The van der Waals surface area contributed by atoms with Crippen molar-refractivity contribution in [3.63, 3.8) is 0 Å². The first-order valence-corrected chi connectivity index (χ1v) is 7.70. The van der Waals surface area contributed by atoms with Crippen LogP contribution in [0, 0.1) is 13.8 Å². The van der Waals surface area contributed by atoms with Crippen LogP contribution in [0.1, 0.15) is 27.0 Å². The molecule has 0 aliphatic heterocycles. The van der Waals surface area contributed by atoms with Crippen LogP contribution >= 0.6 is 0 Å². The van der Waals surface area contributed by atoms with Crippen LogP contribution in [0.5, 0.6) is 0 Å². The van der Waals surface area contributed by atoms with Crippen LogP contribution in [-0.2, 0) is 14.4 Å². The molecular formula is C19H20N2O4. The Balaban J connectivity index is 1.89. The number of esters is 1. The molecule has 2 rings (SSSR count). The summed E-state index contributed by atoms with van der Waals surface area (Å²) in [7, 11) is 1.31. The van der Waals surface area contributed by atoms with Crippen LogP contribution in [0.4, 0.5) is 5.69 Å². The maximum absolute atomic E-state index is 11.9. The summed E-state index contributed by atoms with van der Waals surface area (Å²) in [5.74, 6) is -0.833. The number of oxime groups is 1. The van der Waals surface area contributed by atoms with E-state index in [0.717, 1.165) is 16.7 Å². The highest BCUT2D eigenvalue weighted by Gasteiger charge is 2.10. The maximum Gasteiger partial charge on any atom is 0.337 e. The molecule has 0 aliphatic carbocycles. The fourth-order valence-electron chi connectivity index (χ4n) is 2.03. The molecule has 0 aliphatic rings. The molecule has 6 heteroatoms. The van der Waals surface area contributed by atoms with Crippen LogP contribution in [0.15, 0.2) is 47.6 Å². The minimum Gasteiger partial charge on any atom is -0.465 e. The standard InChI is InChI=1S/C19H20N2O4/c1-13-4-7-15(8-5-13)11-20-25-12-18(22)21-17-10-16(19(23)24-3)9-6-14(17)2/h4-11H,12H2,1-3H3,(H,21,22)/b20-11-. The zero-order chi connectivity index (χ0) is 18.2. The third kappa shape index (κ3) is 5.46. The summed E-state index contributed by atoms with van der Waals surface area (Å²) in [6, 6.07) is 12.7. The fourth-order valence-corrected chi connectivity index (χ4v) is 2.03. The van der Waals surface area contributed by atoms with Gasteiger partial charge in [0.1, 0.15) is 0 Å². The van der Waals surface area contributed by atoms with Crippen molar-refractivity contribution in [2.24, 2.45) is 5.16 Å². The van der Waals surface area contributed by atoms with E-state index in [-0.39, 0.29) is 12.5 Å². The Labute approximate surface area is 146 Å². The van der Waals surface area contributed by atoms with Gasteiger partial charge in [-0.2, -0.15) is 0 Å². The lowest BCUT2D eigenvalue weighted by Gasteiger charge is -2.09. The smallest absolute Gasteiger partial charge is 0.337 e. The van der Waals surface area contributed by atoms with E-state index < -0.39 is 5.97 Å². The summed E-state index contributed by atoms with van der Waals surface area (Å²) in [5, 5.41) is 6.46. The number of anilines is 1. The number of hydrogen-bond acceptors (Lipinski definition) is 5. The Hall–Kier alpha value is -3.15. The first-order valence-electron chi connectivity index (χ1n) is 7.70. The summed E-state index contributed by atoms with van der Waals surface area (Å²) < 4.78 is 4.67. The van der Waals surface area contributed by atoms with Crippen molar-refractivity contribution in [2.45, 2.75) is 13.8 Å². The number of rotatable bonds is 6. The molecule has 0 spiro atoms. The second kappa shape index (κ2) is 8.63. The first kappa shape index (κ1) is 18.2. The summed E-state index contributed by atoms with van der Waals surface area (Å²) in [6.07, 6.45) is 1.54. The van der Waals surface area contributed by atoms with Gasteiger partial charge in [0, 0.05) is 5.69 Å². The van der Waals surface area contributed by atoms with Gasteiger partial charge in [-0.25, -0.2) is 4.79 Å². The molecular weight excluding hydrogens is 320 g/mol. The average Bonchev–Trinajstić information content (AvgIpc) is 2.61. The molecule has 130 valence electrons. The van der Waals surface area contributed by atoms with Gasteiger partial charge < -0.3 is 14.9 Å². The second-order valence-electron chi connectivity index (χ2n) is 5.49. The highest BCUT2D eigenvalue weighted by molar-refractivity contribution is 5.95. The Bertz CT molecular complexity index is 783. The number of carbonyl (C=O) groups is 2. The van der Waals surface area contributed by atoms with Crippen LogP contribution in [-0.4, -0.2) is 31.8 Å². The maximum atomic E-state index is 11.9. The van der Waals surface area contributed by atoms with Gasteiger partial charge in [0.15, 0.2) is 6.61 Å². The Morgan fingerprint density at radius 3 is 2.52 bits per heavy atom. The summed E-state index contributed by atoms with van der Waals surface area (Å²) in [5.41, 5.74) is 3.75. The van der Waals surface area contributed by atoms with E-state index in [0.29, 0.717) is 11.3 Å². The molecule has 0 atom stereocenters. The quantitative estimate of drug-likeness (QED) is 0.498. The summed E-state index contributed by atoms with van der Waals surface area (Å²) >= 11 is 0. The fraction of sp³-hybridized carbons (Fsp3) is 0.211. The minimum absolute atomic E-state index is 0.232. The van der Waals surface area contributed by atoms with E-state index in [1.54, 1.807) is 18.2 Å². The second-order valence-corrected chi connectivity index (χ2v) is 5.49. The lowest BCUT2D eigenvalue weighted by Crippen LogP contribution is -2.18. The van der Waals surface area contributed by atoms with E-state index in [9.17, 15) is 9.59 Å². The summed E-state index contributed by atoms with van der Waals surface area (Å²) in [4.78, 5) is 28.5. The van der Waals surface area contributed by atoms with Crippen molar-refractivity contribution < 1.29 is 19.2 Å². The van der Waals surface area contributed by atoms with Crippen molar-refractivity contribution in [2.75, 3.05) is 19.0 Å². The van der Waals surface area contributed by atoms with Crippen molar-refractivity contribution in [1.82, 2.24) is 0 Å². The Morgan fingerprint density at radius 1 is 1.12 bits per heavy atom. The average molecular weight is 340 g/mol. The molecule has 0 fully saturated rings. The van der Waals surface area contributed by atoms with E-state index in [4.69, 9.17) is 4.84 Å². The van der Waals surface area contributed by atoms with Gasteiger partial charge in [-0.3, -0.25) is 4.79 Å². The van der Waals surface area contributed by atoms with Gasteiger partial charge >= 0.3 is 5.97 Å². The number of methoxy groups -OCH3 is 1. The SMILES string of the molecule is COC(=O)c1ccc(C)c(NC(=O)CO/N=C\c2ccc(C)cc2)c1. The number of nitrogens with one attached hydrogen (secondary N) is 1. The number of nitrogens with zero attached hydrogens (tertiary/aromatic N) is 1. The Morgan fingerprint density at radius 2 is 1.84 bits per heavy atom. The molecule has 0 bridgehead atoms. The third-order valence-electron chi connectivity index (χ3n) is 3.48. The molecule has 6 nitrogen and oxygen atoms in total. The monoisotopic (exact) mass is 340 g/mol. The third-order valence-corrected chi connectivity index (χ3v) is 3.48. The molecule has 2 aromatic rings. The van der Waals surface area contributed by atoms with Crippen molar-refractivity contribution in [3.05, 3.63) is 64.7 Å². The largest absolute Gasteiger partial charge is 0.465 e. The number of amides is 1. The predicted molar refractivity (Wildman–Crippen MR) is 95.9 cm³/mol. The van der Waals surface area contributed by atoms with Gasteiger partial charge in [0.2, 0.25) is 0 Å². The minimum atomic E-state index is -0.463. The number of carbonyl (C=O) groups excluding carboxylic acids is 2. The lowest BCUT2D eigenvalue weighted by molar-refractivity contribution is -0.120. The normalized spacial score (nSPS) is 10.5. The van der Waals surface area contributed by atoms with Crippen LogP contribution in [0.2, 0.25) is 0 Å². The van der Waals surface area contributed by atoms with Crippen LogP contribution in [0.25, 0.3) is 0 Å². The molecule has 1 N–H and O–H groups in total. The predicted octanol–water partition coefficient (Wildman–Crippen LogP) is 3.08. The molecule has 2 aromatic carbocycles. The molecule has 1 amide bonds. The molecule has 0 aromatic heterocycles. The molecule has 0 radical (unpaired) electrons. The highest BCUT2D eigenvalue weighted by Crippen LogP contribution is 2.17. The van der Waals surface area contributed by atoms with Gasteiger partial charge in [-0.05, 0) is 37.1 Å². The van der Waals surface area contributed by atoms with E-state index >= 15 is 0 Å². The molecule has 0 saturated carbocycles. The Kier molecular flexibility index (Phi) is 6.28. The molecule has 0 saturated heterocycles. The highest BCUT2D eigenvalue weighted by atomic mass is 16.6. The first-order chi connectivity index (χ1) is 12.0. The topological polar surface area (TPSA) is 77.0 Å². The van der Waals surface area contributed by atoms with Crippen LogP contribution in [0.3, 0.4) is 0 Å². The molecule has 25 heavy (non-hydrogen) atoms. The number of hydrogen-bond donors (Lipinski definition) is 1. The number of aryl methyl sites for hydroxylation is 2. The zero-order valence-corrected chi connectivity index (χ0v) is 14.4. The summed E-state index contributed by atoms with van der Waals surface area (Å²) in [6.45, 7) is 3.59. The van der Waals surface area contributed by atoms with Crippen molar-refractivity contribution in [1.29, 1.82) is 0 Å². The van der Waals surface area contributed by atoms with E-state index in [2.05, 4.69) is 15.2 Å². The lowest BCUT2D eigenvalue weighted by atomic mass is 10.1. The number of benzene rings is 2.